The van der Waals surface area contributed by atoms with Crippen molar-refractivity contribution in [1.82, 2.24) is 9.88 Å². The highest BCUT2D eigenvalue weighted by Gasteiger charge is 2.72. The monoisotopic (exact) mass is 526 g/mol. The number of amidine groups is 1. The van der Waals surface area contributed by atoms with Gasteiger partial charge >= 0.3 is 0 Å². The van der Waals surface area contributed by atoms with Gasteiger partial charge in [0.25, 0.3) is 0 Å². The molecule has 5 aliphatic rings. The molecular formula is C32H38N4O3. The minimum Gasteiger partial charge on any atom is -0.504 e. The van der Waals surface area contributed by atoms with Crippen molar-refractivity contribution in [1.29, 1.82) is 0 Å². The Bertz CT molecular complexity index is 1520. The zero-order valence-electron chi connectivity index (χ0n) is 22.7. The van der Waals surface area contributed by atoms with E-state index in [-0.39, 0.29) is 17.9 Å². The van der Waals surface area contributed by atoms with E-state index < -0.39 is 11.0 Å². The average molecular weight is 527 g/mol. The number of phenols is 1. The summed E-state index contributed by atoms with van der Waals surface area (Å²) in [5.41, 5.74) is 11.3. The fourth-order valence-corrected chi connectivity index (χ4v) is 8.49. The highest BCUT2D eigenvalue weighted by atomic mass is 16.5. The predicted molar refractivity (Wildman–Crippen MR) is 152 cm³/mol. The van der Waals surface area contributed by atoms with Gasteiger partial charge in [-0.1, -0.05) is 19.1 Å². The lowest BCUT2D eigenvalue weighted by atomic mass is 9.49. The van der Waals surface area contributed by atoms with Crippen molar-refractivity contribution in [2.75, 3.05) is 19.6 Å². The average Bonchev–Trinajstić information content (AvgIpc) is 3.56. The molecule has 204 valence electrons. The Morgan fingerprint density at radius 3 is 2.95 bits per heavy atom. The largest absolute Gasteiger partial charge is 0.504 e. The van der Waals surface area contributed by atoms with E-state index in [1.165, 1.54) is 24.0 Å². The standard InChI is InChI=1S/C32H38N4O3/c1-2-3-26(33)34-12-10-18-6-8-23-21(14-18)22-16-32(38)25-15-20-7-9-24(37)29-27(20)31(32,30(39-29)28(22)35-23)11-13-36(25)17-19-4-5-19/h6-9,14,19,25,30,35,37-38H,2-5,10-13,15-17H2,1H3,(H2,33,34)/t25-,30+,31+,32-/m1/s1. The normalized spacial score (nSPS) is 30.8. The van der Waals surface area contributed by atoms with Gasteiger partial charge in [0.2, 0.25) is 0 Å². The van der Waals surface area contributed by atoms with Gasteiger partial charge < -0.3 is 25.7 Å². The number of hydrogen-bond acceptors (Lipinski definition) is 5. The lowest BCUT2D eigenvalue weighted by Gasteiger charge is -2.62. The zero-order valence-corrected chi connectivity index (χ0v) is 22.7. The Balaban J connectivity index is 1.24. The topological polar surface area (TPSA) is 107 Å². The summed E-state index contributed by atoms with van der Waals surface area (Å²) in [5.74, 6) is 2.26. The van der Waals surface area contributed by atoms with Crippen molar-refractivity contribution in [2.24, 2.45) is 16.6 Å². The molecule has 5 N–H and O–H groups in total. The summed E-state index contributed by atoms with van der Waals surface area (Å²) in [6.45, 7) is 4.82. The summed E-state index contributed by atoms with van der Waals surface area (Å²) in [6, 6.07) is 10.5. The van der Waals surface area contributed by atoms with Gasteiger partial charge in [-0.3, -0.25) is 9.89 Å². The number of aromatic nitrogens is 1. The van der Waals surface area contributed by atoms with Gasteiger partial charge in [0.1, 0.15) is 0 Å². The molecule has 3 aliphatic carbocycles. The third kappa shape index (κ3) is 3.20. The predicted octanol–water partition coefficient (Wildman–Crippen LogP) is 4.27. The van der Waals surface area contributed by atoms with Crippen molar-refractivity contribution in [2.45, 2.75) is 81.5 Å². The number of nitrogens with two attached hydrogens (primary N) is 1. The third-order valence-corrected chi connectivity index (χ3v) is 10.4. The van der Waals surface area contributed by atoms with E-state index in [4.69, 9.17) is 10.5 Å². The van der Waals surface area contributed by atoms with Crippen LogP contribution in [0.5, 0.6) is 11.5 Å². The molecule has 2 aliphatic heterocycles. The Hall–Kier alpha value is -3.03. The summed E-state index contributed by atoms with van der Waals surface area (Å²) >= 11 is 0. The van der Waals surface area contributed by atoms with Crippen LogP contribution in [0.2, 0.25) is 0 Å². The number of aliphatic hydroxyl groups is 1. The van der Waals surface area contributed by atoms with Crippen molar-refractivity contribution in [3.05, 3.63) is 58.3 Å². The molecule has 1 spiro atoms. The van der Waals surface area contributed by atoms with Crippen LogP contribution in [-0.4, -0.2) is 57.2 Å². The number of fused-ring (bicyclic) bond motifs is 4. The maximum Gasteiger partial charge on any atom is 0.166 e. The molecule has 8 rings (SSSR count). The van der Waals surface area contributed by atoms with Gasteiger partial charge in [-0.05, 0) is 85.9 Å². The van der Waals surface area contributed by atoms with Crippen LogP contribution in [0.15, 0.2) is 35.3 Å². The number of aromatic amines is 1. The smallest absolute Gasteiger partial charge is 0.166 e. The second kappa shape index (κ2) is 8.24. The number of nitrogens with zero attached hydrogens (tertiary/aromatic N) is 2. The molecule has 3 aromatic rings. The molecule has 3 heterocycles. The number of likely N-dealkylation sites (tertiary alicyclic amines) is 1. The zero-order chi connectivity index (χ0) is 26.5. The molecule has 1 saturated heterocycles. The number of piperidine rings is 1. The lowest BCUT2D eigenvalue weighted by Crippen LogP contribution is -2.74. The SMILES string of the molecule is CCCC(N)=NCCc1ccc2[nH]c3c(c2c1)C[C@@]1(O)[C@H]2Cc4ccc(O)c5c4[C@@]1(CCN2CC1CC1)[C@H]3O5. The first-order valence-corrected chi connectivity index (χ1v) is 14.8. The molecule has 0 radical (unpaired) electrons. The van der Waals surface area contributed by atoms with Gasteiger partial charge in [0.15, 0.2) is 17.6 Å². The second-order valence-corrected chi connectivity index (χ2v) is 12.7. The van der Waals surface area contributed by atoms with Crippen LogP contribution in [0, 0.1) is 5.92 Å². The van der Waals surface area contributed by atoms with E-state index in [0.717, 1.165) is 84.7 Å². The third-order valence-electron chi connectivity index (χ3n) is 10.4. The second-order valence-electron chi connectivity index (χ2n) is 12.7. The molecule has 7 heteroatoms. The number of benzene rings is 2. The Kier molecular flexibility index (Phi) is 5.03. The Morgan fingerprint density at radius 2 is 2.13 bits per heavy atom. The first-order chi connectivity index (χ1) is 18.9. The molecule has 7 nitrogen and oxygen atoms in total. The van der Waals surface area contributed by atoms with Gasteiger partial charge in [-0.15, -0.1) is 0 Å². The molecule has 2 aromatic carbocycles. The highest BCUT2D eigenvalue weighted by Crippen LogP contribution is 2.69. The van der Waals surface area contributed by atoms with Crippen molar-refractivity contribution in [3.63, 3.8) is 0 Å². The summed E-state index contributed by atoms with van der Waals surface area (Å²) in [6.07, 6.45) is 7.16. The quantitative estimate of drug-likeness (QED) is 0.272. The van der Waals surface area contributed by atoms with Crippen LogP contribution in [-0.2, 0) is 24.7 Å². The number of hydrogen-bond donors (Lipinski definition) is 4. The van der Waals surface area contributed by atoms with Crippen LogP contribution < -0.4 is 10.5 Å². The number of aromatic hydroxyl groups is 1. The van der Waals surface area contributed by atoms with Gasteiger partial charge in [0, 0.05) is 48.4 Å². The van der Waals surface area contributed by atoms with E-state index in [2.05, 4.69) is 46.1 Å². The van der Waals surface area contributed by atoms with Crippen molar-refractivity contribution >= 4 is 16.7 Å². The van der Waals surface area contributed by atoms with Gasteiger partial charge in [-0.2, -0.15) is 0 Å². The maximum absolute atomic E-state index is 13.0. The van der Waals surface area contributed by atoms with Crippen LogP contribution in [0.4, 0.5) is 0 Å². The summed E-state index contributed by atoms with van der Waals surface area (Å²) in [5, 5.41) is 25.1. The molecule has 2 bridgehead atoms. The number of aliphatic imine (C=N–C) groups is 1. The Labute approximate surface area is 229 Å². The van der Waals surface area contributed by atoms with Crippen LogP contribution in [0.25, 0.3) is 10.9 Å². The molecule has 4 atom stereocenters. The first-order valence-electron chi connectivity index (χ1n) is 14.8. The minimum atomic E-state index is -0.964. The first kappa shape index (κ1) is 23.8. The van der Waals surface area contributed by atoms with E-state index in [9.17, 15) is 10.2 Å². The minimum absolute atomic E-state index is 0.0399. The highest BCUT2D eigenvalue weighted by molar-refractivity contribution is 5.87. The molecule has 0 amide bonds. The lowest BCUT2D eigenvalue weighted by molar-refractivity contribution is -0.173. The number of phenolic OH excluding ortho intramolecular Hbond substituents is 1. The summed E-state index contributed by atoms with van der Waals surface area (Å²) < 4.78 is 6.71. The van der Waals surface area contributed by atoms with E-state index >= 15 is 0 Å². The molecule has 0 unspecified atom stereocenters. The molecule has 1 saturated carbocycles. The number of rotatable bonds is 7. The molecule has 1 aromatic heterocycles. The van der Waals surface area contributed by atoms with Crippen LogP contribution >= 0.6 is 0 Å². The van der Waals surface area contributed by atoms with Gasteiger partial charge in [0.05, 0.1) is 22.5 Å². The van der Waals surface area contributed by atoms with E-state index in [1.54, 1.807) is 6.07 Å². The summed E-state index contributed by atoms with van der Waals surface area (Å²) in [7, 11) is 0. The fourth-order valence-electron chi connectivity index (χ4n) is 8.49. The van der Waals surface area contributed by atoms with E-state index in [0.29, 0.717) is 18.7 Å². The van der Waals surface area contributed by atoms with Crippen molar-refractivity contribution in [3.8, 4) is 11.5 Å². The van der Waals surface area contributed by atoms with Crippen molar-refractivity contribution < 1.29 is 14.9 Å². The van der Waals surface area contributed by atoms with E-state index in [1.807, 2.05) is 0 Å². The number of ether oxygens (including phenoxy) is 1. The molecular weight excluding hydrogens is 488 g/mol. The molecule has 2 fully saturated rings. The number of H-pyrrole nitrogens is 1. The van der Waals surface area contributed by atoms with Crippen LogP contribution in [0.1, 0.15) is 73.1 Å². The molecule has 39 heavy (non-hydrogen) atoms. The number of nitrogens with one attached hydrogen (secondary N) is 1. The van der Waals surface area contributed by atoms with Crippen LogP contribution in [0.3, 0.4) is 0 Å². The summed E-state index contributed by atoms with van der Waals surface area (Å²) in [4.78, 5) is 10.8. The maximum atomic E-state index is 13.0. The van der Waals surface area contributed by atoms with Gasteiger partial charge in [-0.25, -0.2) is 0 Å². The Morgan fingerprint density at radius 1 is 1.26 bits per heavy atom. The fraction of sp³-hybridized carbons (Fsp3) is 0.531.